The number of hydrogen-bond acceptors (Lipinski definition) is 5. The Balaban J connectivity index is 1.41. The highest BCUT2D eigenvalue weighted by molar-refractivity contribution is 7.09. The number of amides is 1. The van der Waals surface area contributed by atoms with Crippen molar-refractivity contribution in [3.8, 4) is 0 Å². The van der Waals surface area contributed by atoms with Gasteiger partial charge in [-0.25, -0.2) is 4.98 Å². The van der Waals surface area contributed by atoms with Gasteiger partial charge in [-0.1, -0.05) is 13.0 Å². The number of hydrogen-bond donors (Lipinski definition) is 1. The molecule has 0 bridgehead atoms. The summed E-state index contributed by atoms with van der Waals surface area (Å²) in [6, 6.07) is 4.22. The Kier molecular flexibility index (Phi) is 6.58. The van der Waals surface area contributed by atoms with Crippen LogP contribution in [0.4, 0.5) is 0 Å². The van der Waals surface area contributed by atoms with Gasteiger partial charge in [0.2, 0.25) is 5.91 Å². The second-order valence-corrected chi connectivity index (χ2v) is 7.53. The van der Waals surface area contributed by atoms with E-state index in [4.69, 9.17) is 0 Å². The van der Waals surface area contributed by atoms with Crippen molar-refractivity contribution < 1.29 is 4.79 Å². The normalized spacial score (nSPS) is 16.1. The van der Waals surface area contributed by atoms with Crippen molar-refractivity contribution in [2.45, 2.75) is 45.6 Å². The average Bonchev–Trinajstić information content (AvgIpc) is 3.23. The zero-order valence-electron chi connectivity index (χ0n) is 14.9. The first-order chi connectivity index (χ1) is 12.2. The molecule has 0 saturated carbocycles. The van der Waals surface area contributed by atoms with Crippen LogP contribution >= 0.6 is 11.3 Å². The van der Waals surface area contributed by atoms with Gasteiger partial charge in [-0.2, -0.15) is 5.10 Å². The Hall–Kier alpha value is -1.73. The Labute approximate surface area is 153 Å². The summed E-state index contributed by atoms with van der Waals surface area (Å²) in [4.78, 5) is 22.7. The predicted octanol–water partition coefficient (Wildman–Crippen LogP) is 2.49. The third-order valence-electron chi connectivity index (χ3n) is 4.60. The summed E-state index contributed by atoms with van der Waals surface area (Å²) in [7, 11) is 0. The topological polar surface area (TPSA) is 65.1 Å². The van der Waals surface area contributed by atoms with Crippen LogP contribution in [0.2, 0.25) is 0 Å². The molecule has 1 saturated heterocycles. The lowest BCUT2D eigenvalue weighted by atomic mass is 10.2. The van der Waals surface area contributed by atoms with Gasteiger partial charge in [0.1, 0.15) is 11.6 Å². The zero-order chi connectivity index (χ0) is 17.5. The third kappa shape index (κ3) is 5.37. The van der Waals surface area contributed by atoms with Gasteiger partial charge < -0.3 is 4.90 Å². The van der Waals surface area contributed by atoms with Gasteiger partial charge in [0.25, 0.3) is 0 Å². The van der Waals surface area contributed by atoms with Crippen LogP contribution in [0.3, 0.4) is 0 Å². The fraction of sp³-hybridized carbons (Fsp3) is 0.611. The molecule has 0 spiro atoms. The number of carbonyl (C=O) groups excluding carboxylic acids is 1. The first-order valence-corrected chi connectivity index (χ1v) is 10.0. The Morgan fingerprint density at radius 3 is 3.00 bits per heavy atom. The number of carbonyl (C=O) groups is 1. The Morgan fingerprint density at radius 1 is 1.32 bits per heavy atom. The van der Waals surface area contributed by atoms with Crippen molar-refractivity contribution in [3.63, 3.8) is 0 Å². The lowest BCUT2D eigenvalue weighted by molar-refractivity contribution is -0.131. The van der Waals surface area contributed by atoms with Crippen molar-refractivity contribution in [1.82, 2.24) is 25.0 Å². The van der Waals surface area contributed by atoms with E-state index in [1.165, 1.54) is 4.88 Å². The summed E-state index contributed by atoms with van der Waals surface area (Å²) in [5.41, 5.74) is 0. The molecule has 1 fully saturated rings. The van der Waals surface area contributed by atoms with Gasteiger partial charge in [0.05, 0.1) is 6.54 Å². The SMILES string of the molecule is CCc1n[nH]c(CN2CCCN(C(=O)CCCc3cccs3)CC2)n1. The van der Waals surface area contributed by atoms with Crippen LogP contribution in [0.1, 0.15) is 42.7 Å². The first-order valence-electron chi connectivity index (χ1n) is 9.17. The predicted molar refractivity (Wildman–Crippen MR) is 99.5 cm³/mol. The highest BCUT2D eigenvalue weighted by Gasteiger charge is 2.19. The number of aryl methyl sites for hydroxylation is 2. The monoisotopic (exact) mass is 361 g/mol. The highest BCUT2D eigenvalue weighted by Crippen LogP contribution is 2.13. The van der Waals surface area contributed by atoms with Gasteiger partial charge in [-0.05, 0) is 30.7 Å². The second-order valence-electron chi connectivity index (χ2n) is 6.50. The minimum atomic E-state index is 0.298. The fourth-order valence-electron chi connectivity index (χ4n) is 3.18. The molecule has 1 amide bonds. The van der Waals surface area contributed by atoms with E-state index in [0.29, 0.717) is 12.3 Å². The molecule has 3 heterocycles. The third-order valence-corrected chi connectivity index (χ3v) is 5.54. The molecule has 1 N–H and O–H groups in total. The Morgan fingerprint density at radius 2 is 2.24 bits per heavy atom. The van der Waals surface area contributed by atoms with Crippen LogP contribution in [0, 0.1) is 0 Å². The Bertz CT molecular complexity index is 654. The molecule has 25 heavy (non-hydrogen) atoms. The first kappa shape index (κ1) is 18.1. The van der Waals surface area contributed by atoms with Crippen LogP contribution < -0.4 is 0 Å². The molecule has 2 aromatic rings. The number of nitrogens with zero attached hydrogens (tertiary/aromatic N) is 4. The second kappa shape index (κ2) is 9.10. The molecule has 0 aliphatic carbocycles. The standard InChI is InChI=1S/C18H27N5OS/c1-2-16-19-17(21-20-16)14-22-9-5-10-23(12-11-22)18(24)8-3-6-15-7-4-13-25-15/h4,7,13H,2-3,5-6,8-12,14H2,1H3,(H,19,20,21). The van der Waals surface area contributed by atoms with E-state index in [-0.39, 0.29) is 0 Å². The van der Waals surface area contributed by atoms with Gasteiger partial charge in [0.15, 0.2) is 0 Å². The summed E-state index contributed by atoms with van der Waals surface area (Å²) in [6.07, 6.45) is 4.47. The van der Waals surface area contributed by atoms with E-state index < -0.39 is 0 Å². The summed E-state index contributed by atoms with van der Waals surface area (Å²) in [5, 5.41) is 9.31. The van der Waals surface area contributed by atoms with Crippen molar-refractivity contribution >= 4 is 17.2 Å². The van der Waals surface area contributed by atoms with Gasteiger partial charge in [-0.3, -0.25) is 14.8 Å². The van der Waals surface area contributed by atoms with E-state index in [9.17, 15) is 4.79 Å². The molecule has 0 unspecified atom stereocenters. The number of rotatable bonds is 7. The van der Waals surface area contributed by atoms with Gasteiger partial charge >= 0.3 is 0 Å². The number of nitrogens with one attached hydrogen (secondary N) is 1. The molecule has 3 rings (SSSR count). The van der Waals surface area contributed by atoms with E-state index in [2.05, 4.69) is 44.5 Å². The summed E-state index contributed by atoms with van der Waals surface area (Å²) in [5.74, 6) is 2.09. The molecular weight excluding hydrogens is 334 g/mol. The van der Waals surface area contributed by atoms with Gasteiger partial charge in [-0.15, -0.1) is 11.3 Å². The van der Waals surface area contributed by atoms with Crippen LogP contribution in [0.25, 0.3) is 0 Å². The maximum atomic E-state index is 12.5. The molecule has 1 aliphatic heterocycles. The minimum Gasteiger partial charge on any atom is -0.341 e. The highest BCUT2D eigenvalue weighted by atomic mass is 32.1. The maximum Gasteiger partial charge on any atom is 0.222 e. The van der Waals surface area contributed by atoms with E-state index in [1.54, 1.807) is 11.3 Å². The number of H-pyrrole nitrogens is 1. The van der Waals surface area contributed by atoms with Crippen LogP contribution in [-0.2, 0) is 24.2 Å². The fourth-order valence-corrected chi connectivity index (χ4v) is 3.93. The molecule has 0 atom stereocenters. The van der Waals surface area contributed by atoms with Crippen molar-refractivity contribution in [2.24, 2.45) is 0 Å². The molecule has 0 radical (unpaired) electrons. The largest absolute Gasteiger partial charge is 0.341 e. The van der Waals surface area contributed by atoms with Crippen molar-refractivity contribution in [3.05, 3.63) is 34.0 Å². The molecule has 7 heteroatoms. The van der Waals surface area contributed by atoms with E-state index in [0.717, 1.165) is 70.1 Å². The van der Waals surface area contributed by atoms with Crippen LogP contribution in [0.5, 0.6) is 0 Å². The number of aromatic amines is 1. The zero-order valence-corrected chi connectivity index (χ0v) is 15.7. The van der Waals surface area contributed by atoms with E-state index >= 15 is 0 Å². The van der Waals surface area contributed by atoms with Crippen molar-refractivity contribution in [2.75, 3.05) is 26.2 Å². The number of thiophene rings is 1. The minimum absolute atomic E-state index is 0.298. The molecule has 2 aromatic heterocycles. The summed E-state index contributed by atoms with van der Waals surface area (Å²) >= 11 is 1.77. The van der Waals surface area contributed by atoms with Crippen LogP contribution in [-0.4, -0.2) is 57.1 Å². The smallest absolute Gasteiger partial charge is 0.222 e. The lowest BCUT2D eigenvalue weighted by Crippen LogP contribution is -2.35. The maximum absolute atomic E-state index is 12.5. The molecular formula is C18H27N5OS. The molecule has 136 valence electrons. The molecule has 0 aromatic carbocycles. The summed E-state index contributed by atoms with van der Waals surface area (Å²) in [6.45, 7) is 6.42. The summed E-state index contributed by atoms with van der Waals surface area (Å²) < 4.78 is 0. The molecule has 6 nitrogen and oxygen atoms in total. The average molecular weight is 362 g/mol. The van der Waals surface area contributed by atoms with Gasteiger partial charge in [0, 0.05) is 43.9 Å². The molecule has 1 aliphatic rings. The van der Waals surface area contributed by atoms with E-state index in [1.807, 2.05) is 4.90 Å². The quantitative estimate of drug-likeness (QED) is 0.823. The number of aromatic nitrogens is 3. The van der Waals surface area contributed by atoms with Crippen molar-refractivity contribution in [1.29, 1.82) is 0 Å². The van der Waals surface area contributed by atoms with Crippen LogP contribution in [0.15, 0.2) is 17.5 Å². The lowest BCUT2D eigenvalue weighted by Gasteiger charge is -2.21.